The fourth-order valence-corrected chi connectivity index (χ4v) is 2.16. The van der Waals surface area contributed by atoms with Crippen LogP contribution in [-0.2, 0) is 6.42 Å². The molecular formula is C14H15ClN2O3. The number of halogens is 1. The Balaban J connectivity index is 1.92. The maximum atomic E-state index is 10.7. The van der Waals surface area contributed by atoms with Gasteiger partial charge in [-0.05, 0) is 37.6 Å². The number of nitro groups is 1. The molecule has 1 atom stereocenters. The second-order valence-corrected chi connectivity index (χ2v) is 4.99. The summed E-state index contributed by atoms with van der Waals surface area (Å²) in [6.45, 7) is 2.04. The van der Waals surface area contributed by atoms with Crippen LogP contribution in [0.15, 0.2) is 41.0 Å². The molecule has 0 radical (unpaired) electrons. The Morgan fingerprint density at radius 1 is 1.45 bits per heavy atom. The standard InChI is InChI=1S/C14H15ClN2O3/c1-10(4-6-12-3-2-8-20-12)16-11-5-7-14(17(18)19)13(15)9-11/h2-3,5,7-10,16H,4,6H2,1H3. The Morgan fingerprint density at radius 3 is 2.85 bits per heavy atom. The van der Waals surface area contributed by atoms with Crippen molar-refractivity contribution in [1.29, 1.82) is 0 Å². The number of hydrogen-bond acceptors (Lipinski definition) is 4. The van der Waals surface area contributed by atoms with E-state index in [0.29, 0.717) is 0 Å². The highest BCUT2D eigenvalue weighted by Gasteiger charge is 2.13. The lowest BCUT2D eigenvalue weighted by Crippen LogP contribution is -2.15. The molecule has 1 unspecified atom stereocenters. The average molecular weight is 295 g/mol. The molecule has 1 aromatic heterocycles. The third-order valence-electron chi connectivity index (χ3n) is 2.96. The predicted molar refractivity (Wildman–Crippen MR) is 78.2 cm³/mol. The van der Waals surface area contributed by atoms with E-state index in [4.69, 9.17) is 16.0 Å². The predicted octanol–water partition coefficient (Wildman–Crippen LogP) is 4.27. The van der Waals surface area contributed by atoms with E-state index in [0.717, 1.165) is 24.3 Å². The van der Waals surface area contributed by atoms with Crippen molar-refractivity contribution in [3.05, 3.63) is 57.5 Å². The zero-order valence-corrected chi connectivity index (χ0v) is 11.8. The van der Waals surface area contributed by atoms with Gasteiger partial charge in [0.05, 0.1) is 11.2 Å². The minimum absolute atomic E-state index is 0.0829. The van der Waals surface area contributed by atoms with Crippen molar-refractivity contribution in [3.63, 3.8) is 0 Å². The van der Waals surface area contributed by atoms with Gasteiger partial charge < -0.3 is 9.73 Å². The number of furan rings is 1. The Hall–Kier alpha value is -2.01. The Bertz CT molecular complexity index is 584. The molecule has 20 heavy (non-hydrogen) atoms. The van der Waals surface area contributed by atoms with Crippen molar-refractivity contribution in [1.82, 2.24) is 0 Å². The molecule has 6 heteroatoms. The van der Waals surface area contributed by atoms with Crippen LogP contribution in [0.3, 0.4) is 0 Å². The number of rotatable bonds is 6. The lowest BCUT2D eigenvalue weighted by atomic mass is 10.1. The zero-order chi connectivity index (χ0) is 14.5. The van der Waals surface area contributed by atoms with Crippen LogP contribution in [0.2, 0.25) is 5.02 Å². The summed E-state index contributed by atoms with van der Waals surface area (Å²) in [4.78, 5) is 10.2. The quantitative estimate of drug-likeness (QED) is 0.638. The van der Waals surface area contributed by atoms with Gasteiger partial charge in [-0.3, -0.25) is 10.1 Å². The SMILES string of the molecule is CC(CCc1ccco1)Nc1ccc([N+](=O)[O-])c(Cl)c1. The van der Waals surface area contributed by atoms with Gasteiger partial charge in [0.25, 0.3) is 5.69 Å². The summed E-state index contributed by atoms with van der Waals surface area (Å²) in [6.07, 6.45) is 3.38. The van der Waals surface area contributed by atoms with Gasteiger partial charge in [-0.25, -0.2) is 0 Å². The molecule has 5 nitrogen and oxygen atoms in total. The lowest BCUT2D eigenvalue weighted by molar-refractivity contribution is -0.384. The summed E-state index contributed by atoms with van der Waals surface area (Å²) >= 11 is 5.87. The van der Waals surface area contributed by atoms with Crippen LogP contribution in [-0.4, -0.2) is 11.0 Å². The molecule has 2 aromatic rings. The fourth-order valence-electron chi connectivity index (χ4n) is 1.92. The Labute approximate surface area is 121 Å². The van der Waals surface area contributed by atoms with Crippen LogP contribution in [0.25, 0.3) is 0 Å². The third-order valence-corrected chi connectivity index (χ3v) is 3.26. The van der Waals surface area contributed by atoms with E-state index in [1.165, 1.54) is 6.07 Å². The molecule has 0 fully saturated rings. The molecule has 0 saturated heterocycles. The summed E-state index contributed by atoms with van der Waals surface area (Å²) in [6, 6.07) is 8.65. The number of nitro benzene ring substituents is 1. The number of anilines is 1. The van der Waals surface area contributed by atoms with Gasteiger partial charge in [0.1, 0.15) is 10.8 Å². The molecule has 1 aromatic carbocycles. The maximum Gasteiger partial charge on any atom is 0.288 e. The Morgan fingerprint density at radius 2 is 2.25 bits per heavy atom. The average Bonchev–Trinajstić information content (AvgIpc) is 2.89. The van der Waals surface area contributed by atoms with Crippen molar-refractivity contribution in [2.45, 2.75) is 25.8 Å². The van der Waals surface area contributed by atoms with E-state index < -0.39 is 4.92 Å². The van der Waals surface area contributed by atoms with Crippen molar-refractivity contribution >= 4 is 23.0 Å². The second-order valence-electron chi connectivity index (χ2n) is 4.59. The summed E-state index contributed by atoms with van der Waals surface area (Å²) in [7, 11) is 0. The summed E-state index contributed by atoms with van der Waals surface area (Å²) in [5, 5.41) is 14.1. The first-order valence-corrected chi connectivity index (χ1v) is 6.67. The van der Waals surface area contributed by atoms with Crippen LogP contribution in [0.4, 0.5) is 11.4 Å². The molecule has 1 heterocycles. The van der Waals surface area contributed by atoms with Crippen molar-refractivity contribution in [2.24, 2.45) is 0 Å². The molecule has 2 rings (SSSR count). The van der Waals surface area contributed by atoms with Crippen LogP contribution in [0.1, 0.15) is 19.1 Å². The third kappa shape index (κ3) is 3.74. The molecule has 0 amide bonds. The van der Waals surface area contributed by atoms with Gasteiger partial charge in [-0.1, -0.05) is 11.6 Å². The topological polar surface area (TPSA) is 68.3 Å². The highest BCUT2D eigenvalue weighted by molar-refractivity contribution is 6.32. The number of nitrogens with zero attached hydrogens (tertiary/aromatic N) is 1. The van der Waals surface area contributed by atoms with E-state index >= 15 is 0 Å². The molecular weight excluding hydrogens is 280 g/mol. The first kappa shape index (κ1) is 14.4. The van der Waals surface area contributed by atoms with E-state index in [1.807, 2.05) is 19.1 Å². The highest BCUT2D eigenvalue weighted by Crippen LogP contribution is 2.27. The normalized spacial score (nSPS) is 12.1. The van der Waals surface area contributed by atoms with E-state index in [1.54, 1.807) is 18.4 Å². The largest absolute Gasteiger partial charge is 0.469 e. The van der Waals surface area contributed by atoms with E-state index in [9.17, 15) is 10.1 Å². The minimum atomic E-state index is -0.494. The van der Waals surface area contributed by atoms with E-state index in [-0.39, 0.29) is 16.8 Å². The van der Waals surface area contributed by atoms with Gasteiger partial charge in [0.15, 0.2) is 0 Å². The molecule has 0 aliphatic heterocycles. The monoisotopic (exact) mass is 294 g/mol. The lowest BCUT2D eigenvalue weighted by Gasteiger charge is -2.14. The van der Waals surface area contributed by atoms with Gasteiger partial charge in [-0.15, -0.1) is 0 Å². The van der Waals surface area contributed by atoms with Crippen LogP contribution in [0.5, 0.6) is 0 Å². The molecule has 0 aliphatic rings. The summed E-state index contributed by atoms with van der Waals surface area (Å²) < 4.78 is 5.27. The number of benzene rings is 1. The maximum absolute atomic E-state index is 10.7. The highest BCUT2D eigenvalue weighted by atomic mass is 35.5. The number of nitrogens with one attached hydrogen (secondary N) is 1. The van der Waals surface area contributed by atoms with Crippen LogP contribution >= 0.6 is 11.6 Å². The van der Waals surface area contributed by atoms with Crippen molar-refractivity contribution < 1.29 is 9.34 Å². The fraction of sp³-hybridized carbons (Fsp3) is 0.286. The van der Waals surface area contributed by atoms with Gasteiger partial charge >= 0.3 is 0 Å². The number of aryl methyl sites for hydroxylation is 1. The zero-order valence-electron chi connectivity index (χ0n) is 11.0. The van der Waals surface area contributed by atoms with Crippen LogP contribution in [0, 0.1) is 10.1 Å². The van der Waals surface area contributed by atoms with Gasteiger partial charge in [0, 0.05) is 24.2 Å². The van der Waals surface area contributed by atoms with Gasteiger partial charge in [-0.2, -0.15) is 0 Å². The Kier molecular flexibility index (Phi) is 4.63. The van der Waals surface area contributed by atoms with Crippen molar-refractivity contribution in [3.8, 4) is 0 Å². The van der Waals surface area contributed by atoms with Crippen molar-refractivity contribution in [2.75, 3.05) is 5.32 Å². The molecule has 1 N–H and O–H groups in total. The minimum Gasteiger partial charge on any atom is -0.469 e. The second kappa shape index (κ2) is 6.43. The van der Waals surface area contributed by atoms with Gasteiger partial charge in [0.2, 0.25) is 0 Å². The molecule has 0 bridgehead atoms. The first-order valence-electron chi connectivity index (χ1n) is 6.29. The number of hydrogen-bond donors (Lipinski definition) is 1. The molecule has 0 aliphatic carbocycles. The van der Waals surface area contributed by atoms with E-state index in [2.05, 4.69) is 5.32 Å². The first-order chi connectivity index (χ1) is 9.56. The molecule has 0 saturated carbocycles. The summed E-state index contributed by atoms with van der Waals surface area (Å²) in [5.74, 6) is 0.945. The van der Waals surface area contributed by atoms with Crippen LogP contribution < -0.4 is 5.32 Å². The summed E-state index contributed by atoms with van der Waals surface area (Å²) in [5.41, 5.74) is 0.688. The smallest absolute Gasteiger partial charge is 0.288 e. The molecule has 106 valence electrons. The molecule has 0 spiro atoms.